The Hall–Kier alpha value is 0.0600. The van der Waals surface area contributed by atoms with E-state index < -0.39 is 8.03 Å². The quantitative estimate of drug-likeness (QED) is 0.633. The number of rotatable bonds is 6. The van der Waals surface area contributed by atoms with Gasteiger partial charge in [-0.2, -0.15) is 4.89 Å². The fourth-order valence-corrected chi connectivity index (χ4v) is 1.69. The summed E-state index contributed by atoms with van der Waals surface area (Å²) in [5.41, 5.74) is 0. The predicted molar refractivity (Wildman–Crippen MR) is 48.0 cm³/mol. The van der Waals surface area contributed by atoms with Crippen molar-refractivity contribution in [1.29, 1.82) is 0 Å². The predicted octanol–water partition coefficient (Wildman–Crippen LogP) is 2.94. The maximum absolute atomic E-state index is 10.3. The molecule has 2 nitrogen and oxygen atoms in total. The van der Waals surface area contributed by atoms with E-state index in [-0.39, 0.29) is 0 Å². The van der Waals surface area contributed by atoms with Crippen LogP contribution < -0.4 is 0 Å². The Balaban J connectivity index is 3.22. The fourth-order valence-electron chi connectivity index (χ4n) is 1.03. The molecule has 0 aliphatic carbocycles. The Morgan fingerprint density at radius 3 is 2.55 bits per heavy atom. The Bertz CT molecular complexity index is 115. The molecule has 0 bridgehead atoms. The zero-order chi connectivity index (χ0) is 8.69. The first kappa shape index (κ1) is 11.1. The second-order valence-electron chi connectivity index (χ2n) is 3.11. The summed E-state index contributed by atoms with van der Waals surface area (Å²) < 4.78 is 10.3. The summed E-state index contributed by atoms with van der Waals surface area (Å²) in [6, 6.07) is 0. The fraction of sp³-hybridized carbons (Fsp3) is 1.00. The van der Waals surface area contributed by atoms with Crippen LogP contribution in [-0.4, -0.2) is 11.1 Å². The summed E-state index contributed by atoms with van der Waals surface area (Å²) >= 11 is 0. The Morgan fingerprint density at radius 1 is 1.45 bits per heavy atom. The molecule has 0 aromatic carbocycles. The molecule has 0 fully saturated rings. The molecule has 0 amide bonds. The summed E-state index contributed by atoms with van der Waals surface area (Å²) in [6.07, 6.45) is 5.02. The summed E-state index contributed by atoms with van der Waals surface area (Å²) in [7, 11) is -1.90. The highest BCUT2D eigenvalue weighted by Gasteiger charge is 2.12. The average molecular weight is 177 g/mol. The van der Waals surface area contributed by atoms with Crippen molar-refractivity contribution >= 4 is 8.03 Å². The van der Waals surface area contributed by atoms with Crippen LogP contribution in [-0.2, 0) is 4.57 Å². The lowest BCUT2D eigenvalue weighted by Crippen LogP contribution is -1.95. The van der Waals surface area contributed by atoms with E-state index in [1.165, 1.54) is 19.3 Å². The van der Waals surface area contributed by atoms with Gasteiger partial charge in [0.15, 0.2) is 6.16 Å². The van der Waals surface area contributed by atoms with Crippen LogP contribution in [0.4, 0.5) is 0 Å². The highest BCUT2D eigenvalue weighted by atomic mass is 31.1. The van der Waals surface area contributed by atoms with Gasteiger partial charge in [-0.15, -0.1) is 0 Å². The van der Waals surface area contributed by atoms with E-state index in [4.69, 9.17) is 4.89 Å². The van der Waals surface area contributed by atoms with E-state index in [0.717, 1.165) is 6.42 Å². The van der Waals surface area contributed by atoms with Gasteiger partial charge in [0, 0.05) is 0 Å². The third-order valence-electron chi connectivity index (χ3n) is 1.86. The van der Waals surface area contributed by atoms with Crippen LogP contribution >= 0.6 is 8.03 Å². The Morgan fingerprint density at radius 2 is 2.09 bits per heavy atom. The van der Waals surface area contributed by atoms with Gasteiger partial charge >= 0.3 is 8.03 Å². The number of hydrogen-bond donors (Lipinski definition) is 1. The molecule has 0 aliphatic rings. The van der Waals surface area contributed by atoms with Gasteiger partial charge in [-0.25, -0.2) is 0 Å². The number of unbranched alkanes of at least 4 members (excludes halogenated alkanes) is 1. The molecule has 2 atom stereocenters. The lowest BCUT2D eigenvalue weighted by Gasteiger charge is -2.05. The first-order valence-corrected chi connectivity index (χ1v) is 5.70. The molecule has 0 spiro atoms. The molecule has 0 aromatic rings. The maximum Gasteiger partial charge on any atom is 0.505 e. The lowest BCUT2D eigenvalue weighted by atomic mass is 10.0. The van der Waals surface area contributed by atoms with Gasteiger partial charge in [0.25, 0.3) is 0 Å². The Labute approximate surface area is 69.9 Å². The molecule has 66 valence electrons. The zero-order valence-electron chi connectivity index (χ0n) is 7.42. The first-order chi connectivity index (χ1) is 5.16. The third-order valence-corrected chi connectivity index (χ3v) is 2.50. The zero-order valence-corrected chi connectivity index (χ0v) is 8.31. The van der Waals surface area contributed by atoms with Gasteiger partial charge in [0.2, 0.25) is 0 Å². The molecule has 11 heavy (non-hydrogen) atoms. The Kier molecular flexibility index (Phi) is 6.79. The van der Waals surface area contributed by atoms with Gasteiger partial charge in [-0.05, 0) is 16.9 Å². The molecule has 0 radical (unpaired) electrons. The lowest BCUT2D eigenvalue weighted by molar-refractivity contribution is 0.467. The van der Waals surface area contributed by atoms with Crippen LogP contribution in [0.5, 0.6) is 0 Å². The van der Waals surface area contributed by atoms with Crippen LogP contribution in [0.25, 0.3) is 0 Å². The van der Waals surface area contributed by atoms with Crippen molar-refractivity contribution in [2.24, 2.45) is 5.92 Å². The van der Waals surface area contributed by atoms with E-state index >= 15 is 0 Å². The van der Waals surface area contributed by atoms with Crippen LogP contribution in [0.1, 0.15) is 39.5 Å². The molecule has 0 heterocycles. The third kappa shape index (κ3) is 7.96. The van der Waals surface area contributed by atoms with E-state index in [1.807, 2.05) is 0 Å². The van der Waals surface area contributed by atoms with Gasteiger partial charge in [-0.3, -0.25) is 0 Å². The van der Waals surface area contributed by atoms with E-state index in [1.54, 1.807) is 0 Å². The topological polar surface area (TPSA) is 37.3 Å². The van der Waals surface area contributed by atoms with Gasteiger partial charge < -0.3 is 0 Å². The molecule has 0 saturated heterocycles. The SMILES string of the molecule is CCCCC(C)CC[P+](=O)O. The van der Waals surface area contributed by atoms with Crippen LogP contribution in [0.2, 0.25) is 0 Å². The van der Waals surface area contributed by atoms with Crippen molar-refractivity contribution in [3.8, 4) is 0 Å². The van der Waals surface area contributed by atoms with Crippen molar-refractivity contribution < 1.29 is 9.46 Å². The summed E-state index contributed by atoms with van der Waals surface area (Å²) in [4.78, 5) is 8.54. The molecule has 0 aromatic heterocycles. The minimum absolute atomic E-state index is 0.472. The molecule has 0 aliphatic heterocycles. The summed E-state index contributed by atoms with van der Waals surface area (Å²) in [5.74, 6) is 0.612. The van der Waals surface area contributed by atoms with Crippen molar-refractivity contribution in [2.75, 3.05) is 6.16 Å². The van der Waals surface area contributed by atoms with Crippen LogP contribution in [0.3, 0.4) is 0 Å². The minimum Gasteiger partial charge on any atom is -0.161 e. The smallest absolute Gasteiger partial charge is 0.161 e. The van der Waals surface area contributed by atoms with Crippen LogP contribution in [0.15, 0.2) is 0 Å². The average Bonchev–Trinajstić information content (AvgIpc) is 1.97. The minimum atomic E-state index is -1.90. The van der Waals surface area contributed by atoms with E-state index in [2.05, 4.69) is 13.8 Å². The monoisotopic (exact) mass is 177 g/mol. The summed E-state index contributed by atoms with van der Waals surface area (Å²) in [6.45, 7) is 4.31. The first-order valence-electron chi connectivity index (χ1n) is 4.30. The van der Waals surface area contributed by atoms with E-state index in [0.29, 0.717) is 12.1 Å². The molecule has 0 saturated carbocycles. The second-order valence-corrected chi connectivity index (χ2v) is 4.26. The van der Waals surface area contributed by atoms with Gasteiger partial charge in [-0.1, -0.05) is 33.1 Å². The molecule has 0 rings (SSSR count). The van der Waals surface area contributed by atoms with Crippen LogP contribution in [0, 0.1) is 5.92 Å². The second kappa shape index (κ2) is 6.75. The van der Waals surface area contributed by atoms with Crippen molar-refractivity contribution in [3.63, 3.8) is 0 Å². The highest BCUT2D eigenvalue weighted by Crippen LogP contribution is 2.20. The largest absolute Gasteiger partial charge is 0.505 e. The van der Waals surface area contributed by atoms with Crippen molar-refractivity contribution in [1.82, 2.24) is 0 Å². The molecular weight excluding hydrogens is 159 g/mol. The van der Waals surface area contributed by atoms with Gasteiger partial charge in [0.1, 0.15) is 0 Å². The highest BCUT2D eigenvalue weighted by molar-refractivity contribution is 7.37. The standard InChI is InChI=1S/C8H17O2P/c1-3-4-5-8(2)6-7-11(9)10/h8H,3-7H2,1-2H3/p+1. The summed E-state index contributed by atoms with van der Waals surface area (Å²) in [5, 5.41) is 0. The normalized spacial score (nSPS) is 14.6. The number of hydrogen-bond acceptors (Lipinski definition) is 1. The van der Waals surface area contributed by atoms with E-state index in [9.17, 15) is 4.57 Å². The maximum atomic E-state index is 10.3. The molecule has 1 N–H and O–H groups in total. The molecular formula is C8H18O2P+. The van der Waals surface area contributed by atoms with Gasteiger partial charge in [0.05, 0.1) is 0 Å². The van der Waals surface area contributed by atoms with Crippen molar-refractivity contribution in [3.05, 3.63) is 0 Å². The molecule has 3 heteroatoms. The molecule has 2 unspecified atom stereocenters. The van der Waals surface area contributed by atoms with Crippen molar-refractivity contribution in [2.45, 2.75) is 39.5 Å².